The molecule has 0 aliphatic carbocycles. The standard InChI is InChI=1S/C11H10F3NO2S/c1-6(16)15-3-2-7-4-10(18)9(5-8(7)15)17-11(12,13)14/h4-5,18H,2-3H2,1H3. The minimum Gasteiger partial charge on any atom is -0.405 e. The van der Waals surface area contributed by atoms with Gasteiger partial charge < -0.3 is 9.64 Å². The highest BCUT2D eigenvalue weighted by atomic mass is 32.1. The van der Waals surface area contributed by atoms with Gasteiger partial charge in [0, 0.05) is 24.4 Å². The number of alkyl halides is 3. The van der Waals surface area contributed by atoms with E-state index in [1.165, 1.54) is 24.0 Å². The molecule has 1 heterocycles. The van der Waals surface area contributed by atoms with E-state index in [2.05, 4.69) is 17.4 Å². The first-order chi connectivity index (χ1) is 8.28. The van der Waals surface area contributed by atoms with Gasteiger partial charge in [0.2, 0.25) is 5.91 Å². The van der Waals surface area contributed by atoms with Gasteiger partial charge in [0.1, 0.15) is 5.75 Å². The van der Waals surface area contributed by atoms with Gasteiger partial charge in [-0.1, -0.05) is 0 Å². The topological polar surface area (TPSA) is 29.5 Å². The number of ether oxygens (including phenoxy) is 1. The number of rotatable bonds is 1. The molecule has 1 amide bonds. The minimum atomic E-state index is -4.77. The summed E-state index contributed by atoms with van der Waals surface area (Å²) in [6.45, 7) is 1.83. The predicted molar refractivity (Wildman–Crippen MR) is 62.1 cm³/mol. The van der Waals surface area contributed by atoms with Crippen LogP contribution in [0.3, 0.4) is 0 Å². The number of anilines is 1. The molecule has 0 spiro atoms. The van der Waals surface area contributed by atoms with Gasteiger partial charge in [-0.2, -0.15) is 0 Å². The van der Waals surface area contributed by atoms with Crippen molar-refractivity contribution in [2.45, 2.75) is 24.6 Å². The zero-order valence-corrected chi connectivity index (χ0v) is 10.3. The summed E-state index contributed by atoms with van der Waals surface area (Å²) in [5.41, 5.74) is 1.25. The third-order valence-electron chi connectivity index (χ3n) is 2.66. The molecule has 0 aromatic heterocycles. The lowest BCUT2D eigenvalue weighted by atomic mass is 10.1. The lowest BCUT2D eigenvalue weighted by molar-refractivity contribution is -0.275. The minimum absolute atomic E-state index is 0.108. The van der Waals surface area contributed by atoms with Crippen molar-refractivity contribution in [3.63, 3.8) is 0 Å². The van der Waals surface area contributed by atoms with Crippen LogP contribution in [-0.2, 0) is 11.2 Å². The zero-order chi connectivity index (χ0) is 13.5. The van der Waals surface area contributed by atoms with Gasteiger partial charge >= 0.3 is 6.36 Å². The van der Waals surface area contributed by atoms with Crippen LogP contribution in [-0.4, -0.2) is 18.8 Å². The molecule has 98 valence electrons. The Hall–Kier alpha value is -1.37. The number of hydrogen-bond acceptors (Lipinski definition) is 3. The zero-order valence-electron chi connectivity index (χ0n) is 9.41. The molecule has 0 saturated carbocycles. The lowest BCUT2D eigenvalue weighted by Gasteiger charge is -2.17. The van der Waals surface area contributed by atoms with Crippen LogP contribution in [0.25, 0.3) is 0 Å². The molecule has 0 saturated heterocycles. The average molecular weight is 277 g/mol. The monoisotopic (exact) mass is 277 g/mol. The van der Waals surface area contributed by atoms with Crippen molar-refractivity contribution >= 4 is 24.2 Å². The maximum absolute atomic E-state index is 12.2. The Morgan fingerprint density at radius 2 is 2.11 bits per heavy atom. The predicted octanol–water partition coefficient (Wildman–Crippen LogP) is 2.78. The van der Waals surface area contributed by atoms with Crippen molar-refractivity contribution in [1.82, 2.24) is 0 Å². The Labute approximate surface area is 107 Å². The molecule has 18 heavy (non-hydrogen) atoms. The molecule has 3 nitrogen and oxygen atoms in total. The largest absolute Gasteiger partial charge is 0.573 e. The van der Waals surface area contributed by atoms with Crippen LogP contribution in [0.2, 0.25) is 0 Å². The van der Waals surface area contributed by atoms with Crippen LogP contribution >= 0.6 is 12.6 Å². The van der Waals surface area contributed by atoms with Gasteiger partial charge in [0.25, 0.3) is 0 Å². The highest BCUT2D eigenvalue weighted by Crippen LogP contribution is 2.38. The van der Waals surface area contributed by atoms with Gasteiger partial charge in [-0.15, -0.1) is 25.8 Å². The molecule has 2 rings (SSSR count). The molecular formula is C11H10F3NO2S. The van der Waals surface area contributed by atoms with Crippen molar-refractivity contribution < 1.29 is 22.7 Å². The maximum Gasteiger partial charge on any atom is 0.573 e. The quantitative estimate of drug-likeness (QED) is 0.800. The smallest absolute Gasteiger partial charge is 0.405 e. The molecule has 0 fully saturated rings. The fourth-order valence-corrected chi connectivity index (χ4v) is 2.20. The first-order valence-corrected chi connectivity index (χ1v) is 5.62. The van der Waals surface area contributed by atoms with Gasteiger partial charge in [0.15, 0.2) is 0 Å². The Morgan fingerprint density at radius 1 is 1.44 bits per heavy atom. The highest BCUT2D eigenvalue weighted by molar-refractivity contribution is 7.80. The summed E-state index contributed by atoms with van der Waals surface area (Å²) in [5, 5.41) is 0. The second-order valence-electron chi connectivity index (χ2n) is 3.92. The number of benzene rings is 1. The number of fused-ring (bicyclic) bond motifs is 1. The Balaban J connectivity index is 2.40. The molecule has 7 heteroatoms. The molecule has 0 unspecified atom stereocenters. The Bertz CT molecular complexity index is 502. The van der Waals surface area contributed by atoms with Crippen molar-refractivity contribution in [2.75, 3.05) is 11.4 Å². The number of nitrogens with zero attached hydrogens (tertiary/aromatic N) is 1. The summed E-state index contributed by atoms with van der Waals surface area (Å²) < 4.78 is 40.4. The normalized spacial score (nSPS) is 14.6. The number of thiol groups is 1. The third kappa shape index (κ3) is 2.55. The van der Waals surface area contributed by atoms with E-state index in [0.29, 0.717) is 18.7 Å². The summed E-state index contributed by atoms with van der Waals surface area (Å²) in [7, 11) is 0. The van der Waals surface area contributed by atoms with Crippen molar-refractivity contribution in [3.8, 4) is 5.75 Å². The van der Waals surface area contributed by atoms with E-state index in [1.54, 1.807) is 0 Å². The van der Waals surface area contributed by atoms with Crippen molar-refractivity contribution in [1.29, 1.82) is 0 Å². The van der Waals surface area contributed by atoms with Crippen molar-refractivity contribution in [3.05, 3.63) is 17.7 Å². The molecule has 0 bridgehead atoms. The SMILES string of the molecule is CC(=O)N1CCc2cc(S)c(OC(F)(F)F)cc21. The van der Waals surface area contributed by atoms with E-state index in [4.69, 9.17) is 0 Å². The Morgan fingerprint density at radius 3 is 2.67 bits per heavy atom. The molecule has 1 aromatic carbocycles. The number of hydrogen-bond donors (Lipinski definition) is 1. The van der Waals surface area contributed by atoms with Crippen molar-refractivity contribution in [2.24, 2.45) is 0 Å². The number of carbonyl (C=O) groups is 1. The first-order valence-electron chi connectivity index (χ1n) is 5.17. The first kappa shape index (κ1) is 13.1. The molecule has 0 atom stereocenters. The van der Waals surface area contributed by atoms with E-state index in [-0.39, 0.29) is 10.8 Å². The van der Waals surface area contributed by atoms with E-state index >= 15 is 0 Å². The van der Waals surface area contributed by atoms with Crippen LogP contribution in [0.15, 0.2) is 17.0 Å². The molecule has 1 aliphatic rings. The molecule has 1 aliphatic heterocycles. The Kier molecular flexibility index (Phi) is 3.18. The van der Waals surface area contributed by atoms with Gasteiger partial charge in [0.05, 0.1) is 5.69 Å². The molecule has 1 aromatic rings. The van der Waals surface area contributed by atoms with Crippen LogP contribution in [0, 0.1) is 0 Å². The van der Waals surface area contributed by atoms with Crippen LogP contribution in [0.4, 0.5) is 18.9 Å². The van der Waals surface area contributed by atoms with Crippen LogP contribution in [0.5, 0.6) is 5.75 Å². The summed E-state index contributed by atoms with van der Waals surface area (Å²) in [6.07, 6.45) is -4.17. The molecule has 0 radical (unpaired) electrons. The second kappa shape index (κ2) is 4.38. The van der Waals surface area contributed by atoms with Gasteiger partial charge in [-0.05, 0) is 18.1 Å². The molecular weight excluding hydrogens is 267 g/mol. The summed E-state index contributed by atoms with van der Waals surface area (Å²) in [6, 6.07) is 2.71. The molecule has 0 N–H and O–H groups in total. The fraction of sp³-hybridized carbons (Fsp3) is 0.364. The van der Waals surface area contributed by atoms with E-state index in [0.717, 1.165) is 5.56 Å². The summed E-state index contributed by atoms with van der Waals surface area (Å²) in [4.78, 5) is 12.9. The maximum atomic E-state index is 12.2. The van der Waals surface area contributed by atoms with Gasteiger partial charge in [-0.3, -0.25) is 4.79 Å². The summed E-state index contributed by atoms with van der Waals surface area (Å²) >= 11 is 3.96. The number of amides is 1. The third-order valence-corrected chi connectivity index (χ3v) is 3.01. The van der Waals surface area contributed by atoms with Gasteiger partial charge in [-0.25, -0.2) is 0 Å². The van der Waals surface area contributed by atoms with E-state index < -0.39 is 12.1 Å². The van der Waals surface area contributed by atoms with E-state index in [1.807, 2.05) is 0 Å². The van der Waals surface area contributed by atoms with Crippen LogP contribution in [0.1, 0.15) is 12.5 Å². The highest BCUT2D eigenvalue weighted by Gasteiger charge is 2.33. The van der Waals surface area contributed by atoms with E-state index in [9.17, 15) is 18.0 Å². The fourth-order valence-electron chi connectivity index (χ4n) is 1.94. The van der Waals surface area contributed by atoms with Crippen LogP contribution < -0.4 is 9.64 Å². The number of halogens is 3. The average Bonchev–Trinajstić information content (AvgIpc) is 2.59. The number of carbonyl (C=O) groups excluding carboxylic acids is 1. The lowest BCUT2D eigenvalue weighted by Crippen LogP contribution is -2.26. The summed E-state index contributed by atoms with van der Waals surface area (Å²) in [5.74, 6) is -0.601. The second-order valence-corrected chi connectivity index (χ2v) is 4.40.